The van der Waals surface area contributed by atoms with Crippen molar-refractivity contribution >= 4 is 11.8 Å². The van der Waals surface area contributed by atoms with E-state index in [-0.39, 0.29) is 42.2 Å². The highest BCUT2D eigenvalue weighted by atomic mass is 16.3. The first-order chi connectivity index (χ1) is 10.2. The first-order valence-electron chi connectivity index (χ1n) is 8.39. The van der Waals surface area contributed by atoms with Crippen LogP contribution in [0.15, 0.2) is 0 Å². The molecular formula is C16H26N2O3. The predicted octanol–water partition coefficient (Wildman–Crippen LogP) is 0.912. The second kappa shape index (κ2) is 6.34. The molecule has 2 aliphatic carbocycles. The van der Waals surface area contributed by atoms with Crippen molar-refractivity contribution in [3.63, 3.8) is 0 Å². The summed E-state index contributed by atoms with van der Waals surface area (Å²) < 4.78 is 0. The molecule has 1 saturated heterocycles. The summed E-state index contributed by atoms with van der Waals surface area (Å²) in [5, 5.41) is 12.5. The molecule has 1 aliphatic heterocycles. The molecule has 0 aromatic rings. The molecule has 118 valence electrons. The Balaban J connectivity index is 1.53. The van der Waals surface area contributed by atoms with Gasteiger partial charge in [0.15, 0.2) is 0 Å². The minimum Gasteiger partial charge on any atom is -0.396 e. The normalized spacial score (nSPS) is 33.0. The predicted molar refractivity (Wildman–Crippen MR) is 78.4 cm³/mol. The number of carbonyl (C=O) groups is 2. The van der Waals surface area contributed by atoms with Gasteiger partial charge in [0.2, 0.25) is 11.8 Å². The molecule has 2 amide bonds. The summed E-state index contributed by atoms with van der Waals surface area (Å²) in [6, 6.07) is 0.122. The van der Waals surface area contributed by atoms with E-state index in [0.29, 0.717) is 6.54 Å². The third kappa shape index (κ3) is 3.39. The Morgan fingerprint density at radius 1 is 1.05 bits per heavy atom. The number of aliphatic hydroxyl groups excluding tert-OH is 1. The third-order valence-corrected chi connectivity index (χ3v) is 5.25. The molecule has 3 unspecified atom stereocenters. The minimum absolute atomic E-state index is 0.0682. The lowest BCUT2D eigenvalue weighted by molar-refractivity contribution is -0.137. The zero-order valence-corrected chi connectivity index (χ0v) is 12.6. The van der Waals surface area contributed by atoms with E-state index < -0.39 is 0 Å². The molecule has 5 heteroatoms. The molecule has 5 nitrogen and oxygen atoms in total. The molecule has 3 rings (SSSR count). The zero-order valence-electron chi connectivity index (χ0n) is 12.6. The van der Waals surface area contributed by atoms with Crippen LogP contribution in [0, 0.1) is 17.8 Å². The Kier molecular flexibility index (Phi) is 4.48. The Morgan fingerprint density at radius 3 is 2.57 bits per heavy atom. The molecule has 2 N–H and O–H groups in total. The quantitative estimate of drug-likeness (QED) is 0.810. The van der Waals surface area contributed by atoms with Gasteiger partial charge in [-0.3, -0.25) is 9.59 Å². The SMILES string of the molecule is O=C(NC1CCCC1CO)C1CCCN(C(=O)C2CC2)C1. The number of hydrogen-bond donors (Lipinski definition) is 2. The maximum Gasteiger partial charge on any atom is 0.225 e. The van der Waals surface area contributed by atoms with Gasteiger partial charge in [-0.05, 0) is 38.5 Å². The van der Waals surface area contributed by atoms with Crippen LogP contribution in [0.5, 0.6) is 0 Å². The molecule has 2 saturated carbocycles. The van der Waals surface area contributed by atoms with Crippen LogP contribution in [0.2, 0.25) is 0 Å². The van der Waals surface area contributed by atoms with E-state index in [1.807, 2.05) is 4.90 Å². The van der Waals surface area contributed by atoms with E-state index in [4.69, 9.17) is 0 Å². The summed E-state index contributed by atoms with van der Waals surface area (Å²) in [4.78, 5) is 26.5. The summed E-state index contributed by atoms with van der Waals surface area (Å²) >= 11 is 0. The fraction of sp³-hybridized carbons (Fsp3) is 0.875. The van der Waals surface area contributed by atoms with Crippen LogP contribution in [0.3, 0.4) is 0 Å². The molecule has 0 spiro atoms. The van der Waals surface area contributed by atoms with Crippen molar-refractivity contribution in [1.29, 1.82) is 0 Å². The van der Waals surface area contributed by atoms with Crippen molar-refractivity contribution in [2.75, 3.05) is 19.7 Å². The Morgan fingerprint density at radius 2 is 1.86 bits per heavy atom. The van der Waals surface area contributed by atoms with Gasteiger partial charge >= 0.3 is 0 Å². The lowest BCUT2D eigenvalue weighted by atomic mass is 9.95. The van der Waals surface area contributed by atoms with E-state index in [1.54, 1.807) is 0 Å². The lowest BCUT2D eigenvalue weighted by Gasteiger charge is -2.33. The largest absolute Gasteiger partial charge is 0.396 e. The summed E-state index contributed by atoms with van der Waals surface area (Å²) in [6.45, 7) is 1.54. The number of carbonyl (C=O) groups excluding carboxylic acids is 2. The van der Waals surface area contributed by atoms with Crippen molar-refractivity contribution in [1.82, 2.24) is 10.2 Å². The van der Waals surface area contributed by atoms with Gasteiger partial charge in [0.05, 0.1) is 5.92 Å². The van der Waals surface area contributed by atoms with Crippen LogP contribution in [0.4, 0.5) is 0 Å². The van der Waals surface area contributed by atoms with Gasteiger partial charge in [0.25, 0.3) is 0 Å². The van der Waals surface area contributed by atoms with Gasteiger partial charge in [-0.1, -0.05) is 6.42 Å². The second-order valence-corrected chi connectivity index (χ2v) is 6.89. The van der Waals surface area contributed by atoms with E-state index >= 15 is 0 Å². The van der Waals surface area contributed by atoms with Gasteiger partial charge in [0, 0.05) is 37.6 Å². The van der Waals surface area contributed by atoms with Crippen LogP contribution in [0.1, 0.15) is 44.9 Å². The first-order valence-corrected chi connectivity index (χ1v) is 8.39. The van der Waals surface area contributed by atoms with Crippen LogP contribution in [-0.2, 0) is 9.59 Å². The average Bonchev–Trinajstić information content (AvgIpc) is 3.27. The average molecular weight is 294 g/mol. The molecule has 21 heavy (non-hydrogen) atoms. The zero-order chi connectivity index (χ0) is 14.8. The van der Waals surface area contributed by atoms with Crippen LogP contribution in [-0.4, -0.2) is 47.6 Å². The number of nitrogens with one attached hydrogen (secondary N) is 1. The van der Waals surface area contributed by atoms with Gasteiger partial charge in [0.1, 0.15) is 0 Å². The van der Waals surface area contributed by atoms with E-state index in [9.17, 15) is 14.7 Å². The summed E-state index contributed by atoms with van der Waals surface area (Å²) in [5.74, 6) is 0.707. The minimum atomic E-state index is -0.0682. The smallest absolute Gasteiger partial charge is 0.225 e. The number of amides is 2. The van der Waals surface area contributed by atoms with Gasteiger partial charge in [-0.25, -0.2) is 0 Å². The van der Waals surface area contributed by atoms with Gasteiger partial charge in [-0.15, -0.1) is 0 Å². The fourth-order valence-corrected chi connectivity index (χ4v) is 3.73. The molecule has 0 radical (unpaired) electrons. The highest BCUT2D eigenvalue weighted by Crippen LogP contribution is 2.32. The summed E-state index contributed by atoms with van der Waals surface area (Å²) in [6.07, 6.45) is 6.88. The Labute approximate surface area is 126 Å². The van der Waals surface area contributed by atoms with E-state index in [0.717, 1.165) is 51.5 Å². The van der Waals surface area contributed by atoms with Crippen molar-refractivity contribution in [3.8, 4) is 0 Å². The van der Waals surface area contributed by atoms with Crippen molar-refractivity contribution < 1.29 is 14.7 Å². The number of aliphatic hydroxyl groups is 1. The molecule has 0 aromatic heterocycles. The molecule has 0 aromatic carbocycles. The number of likely N-dealkylation sites (tertiary alicyclic amines) is 1. The lowest BCUT2D eigenvalue weighted by Crippen LogP contribution is -2.48. The Hall–Kier alpha value is -1.10. The van der Waals surface area contributed by atoms with Gasteiger partial charge < -0.3 is 15.3 Å². The van der Waals surface area contributed by atoms with Crippen molar-refractivity contribution in [3.05, 3.63) is 0 Å². The van der Waals surface area contributed by atoms with Crippen LogP contribution in [0.25, 0.3) is 0 Å². The molecule has 3 fully saturated rings. The second-order valence-electron chi connectivity index (χ2n) is 6.89. The standard InChI is InChI=1S/C16H26N2O3/c19-10-13-3-1-5-14(13)17-15(20)12-4-2-8-18(9-12)16(21)11-6-7-11/h11-14,19H,1-10H2,(H,17,20). The van der Waals surface area contributed by atoms with Crippen LogP contribution < -0.4 is 5.32 Å². The topological polar surface area (TPSA) is 69.6 Å². The molecule has 3 atom stereocenters. The summed E-state index contributed by atoms with van der Waals surface area (Å²) in [5.41, 5.74) is 0. The maximum atomic E-state index is 12.4. The molecule has 1 heterocycles. The summed E-state index contributed by atoms with van der Waals surface area (Å²) in [7, 11) is 0. The monoisotopic (exact) mass is 294 g/mol. The molecular weight excluding hydrogens is 268 g/mol. The van der Waals surface area contributed by atoms with Crippen molar-refractivity contribution in [2.45, 2.75) is 51.0 Å². The highest BCUT2D eigenvalue weighted by Gasteiger charge is 2.37. The molecule has 0 bridgehead atoms. The fourth-order valence-electron chi connectivity index (χ4n) is 3.73. The Bertz CT molecular complexity index is 408. The maximum absolute atomic E-state index is 12.4. The number of piperidine rings is 1. The van der Waals surface area contributed by atoms with E-state index in [1.165, 1.54) is 0 Å². The number of rotatable bonds is 4. The van der Waals surface area contributed by atoms with Gasteiger partial charge in [-0.2, -0.15) is 0 Å². The first kappa shape index (κ1) is 14.8. The third-order valence-electron chi connectivity index (χ3n) is 5.25. The van der Waals surface area contributed by atoms with E-state index in [2.05, 4.69) is 5.32 Å². The molecule has 3 aliphatic rings. The van der Waals surface area contributed by atoms with Crippen LogP contribution >= 0.6 is 0 Å². The highest BCUT2D eigenvalue weighted by molar-refractivity contribution is 5.83. The number of nitrogens with zero attached hydrogens (tertiary/aromatic N) is 1. The van der Waals surface area contributed by atoms with Crippen molar-refractivity contribution in [2.24, 2.45) is 17.8 Å². The number of hydrogen-bond acceptors (Lipinski definition) is 3.